The fourth-order valence-corrected chi connectivity index (χ4v) is 3.40. The Labute approximate surface area is 173 Å². The van der Waals surface area contributed by atoms with E-state index in [-0.39, 0.29) is 0 Å². The first-order valence-electron chi connectivity index (χ1n) is 8.75. The minimum absolute atomic E-state index is 0.520. The molecule has 140 valence electrons. The third-order valence-electron chi connectivity index (χ3n) is 4.44. The average Bonchev–Trinajstić information content (AvgIpc) is 2.75. The van der Waals surface area contributed by atoms with Crippen molar-refractivity contribution < 1.29 is 9.47 Å². The van der Waals surface area contributed by atoms with E-state index in [0.29, 0.717) is 33.6 Å². The first-order valence-corrected chi connectivity index (χ1v) is 9.51. The van der Waals surface area contributed by atoms with Gasteiger partial charge < -0.3 is 9.47 Å². The monoisotopic (exact) mass is 409 g/mol. The van der Waals surface area contributed by atoms with Gasteiger partial charge in [0.25, 0.3) is 0 Å². The van der Waals surface area contributed by atoms with Gasteiger partial charge in [-0.1, -0.05) is 53.5 Å². The van der Waals surface area contributed by atoms with Crippen LogP contribution >= 0.6 is 23.2 Å². The Kier molecular flexibility index (Phi) is 5.38. The van der Waals surface area contributed by atoms with Crippen molar-refractivity contribution in [2.24, 2.45) is 0 Å². The number of methoxy groups -OCH3 is 1. The number of hydrogen-bond donors (Lipinski definition) is 0. The maximum atomic E-state index is 6.33. The number of fused-ring (bicyclic) bond motifs is 1. The summed E-state index contributed by atoms with van der Waals surface area (Å²) in [5, 5.41) is 1.89. The molecule has 0 aliphatic carbocycles. The molecule has 0 unspecified atom stereocenters. The van der Waals surface area contributed by atoms with Crippen LogP contribution in [0.1, 0.15) is 5.56 Å². The molecule has 0 saturated heterocycles. The van der Waals surface area contributed by atoms with E-state index >= 15 is 0 Å². The fourth-order valence-electron chi connectivity index (χ4n) is 2.99. The van der Waals surface area contributed by atoms with Gasteiger partial charge in [-0.3, -0.25) is 0 Å². The van der Waals surface area contributed by atoms with E-state index in [9.17, 15) is 0 Å². The second-order valence-corrected chi connectivity index (χ2v) is 7.08. The van der Waals surface area contributed by atoms with E-state index in [1.54, 1.807) is 19.2 Å². The van der Waals surface area contributed by atoms with Crippen LogP contribution in [0.25, 0.3) is 22.2 Å². The van der Waals surface area contributed by atoms with Gasteiger partial charge in [-0.05, 0) is 48.0 Å². The standard InChI is InChI=1S/C23H17Cl2NO2/c1-27-21-13-18-19(24)11-12-20(25)23(18)26-22(21)16-7-9-17(10-8-16)28-14-15-5-3-2-4-6-15/h2-13H,14H2,1H3. The Bertz CT molecular complexity index is 1110. The summed E-state index contributed by atoms with van der Waals surface area (Å²) in [5.74, 6) is 1.42. The summed E-state index contributed by atoms with van der Waals surface area (Å²) < 4.78 is 11.4. The molecule has 0 bridgehead atoms. The molecular formula is C23H17Cl2NO2. The molecule has 0 spiro atoms. The molecule has 0 N–H and O–H groups in total. The molecule has 4 rings (SSSR count). The molecule has 3 aromatic carbocycles. The number of nitrogens with zero attached hydrogens (tertiary/aromatic N) is 1. The predicted octanol–water partition coefficient (Wildman–Crippen LogP) is 6.80. The van der Waals surface area contributed by atoms with Gasteiger partial charge in [0.1, 0.15) is 23.8 Å². The number of pyridine rings is 1. The van der Waals surface area contributed by atoms with Crippen LogP contribution in [0.3, 0.4) is 0 Å². The number of halogens is 2. The Morgan fingerprint density at radius 3 is 2.29 bits per heavy atom. The van der Waals surface area contributed by atoms with Crippen LogP contribution in [0, 0.1) is 0 Å². The van der Waals surface area contributed by atoms with E-state index in [4.69, 9.17) is 37.7 Å². The summed E-state index contributed by atoms with van der Waals surface area (Å²) in [7, 11) is 1.61. The molecule has 4 aromatic rings. The zero-order chi connectivity index (χ0) is 19.5. The topological polar surface area (TPSA) is 31.4 Å². The fraction of sp³-hybridized carbons (Fsp3) is 0.0870. The van der Waals surface area contributed by atoms with Crippen LogP contribution in [0.5, 0.6) is 11.5 Å². The van der Waals surface area contributed by atoms with Crippen molar-refractivity contribution in [2.45, 2.75) is 6.61 Å². The minimum Gasteiger partial charge on any atom is -0.494 e. The molecule has 28 heavy (non-hydrogen) atoms. The Morgan fingerprint density at radius 1 is 0.857 bits per heavy atom. The summed E-state index contributed by atoms with van der Waals surface area (Å²) in [6.07, 6.45) is 0. The predicted molar refractivity (Wildman–Crippen MR) is 115 cm³/mol. The number of ether oxygens (including phenoxy) is 2. The lowest BCUT2D eigenvalue weighted by molar-refractivity contribution is 0.306. The van der Waals surface area contributed by atoms with E-state index in [1.165, 1.54) is 0 Å². The molecule has 1 aromatic heterocycles. The van der Waals surface area contributed by atoms with Gasteiger partial charge in [0.05, 0.1) is 22.7 Å². The van der Waals surface area contributed by atoms with Crippen molar-refractivity contribution in [1.29, 1.82) is 0 Å². The molecule has 0 atom stereocenters. The van der Waals surface area contributed by atoms with Crippen LogP contribution in [0.4, 0.5) is 0 Å². The van der Waals surface area contributed by atoms with Crippen LogP contribution in [0.2, 0.25) is 10.0 Å². The maximum Gasteiger partial charge on any atom is 0.145 e. The molecule has 0 amide bonds. The Hall–Kier alpha value is -2.75. The quantitative estimate of drug-likeness (QED) is 0.363. The Balaban J connectivity index is 1.65. The molecule has 1 heterocycles. The lowest BCUT2D eigenvalue weighted by Crippen LogP contribution is -1.96. The summed E-state index contributed by atoms with van der Waals surface area (Å²) in [6.45, 7) is 0.520. The van der Waals surface area contributed by atoms with Gasteiger partial charge in [0.2, 0.25) is 0 Å². The van der Waals surface area contributed by atoms with Crippen molar-refractivity contribution in [1.82, 2.24) is 4.98 Å². The largest absolute Gasteiger partial charge is 0.494 e. The highest BCUT2D eigenvalue weighted by Gasteiger charge is 2.14. The van der Waals surface area contributed by atoms with Gasteiger partial charge in [-0.25, -0.2) is 4.98 Å². The van der Waals surface area contributed by atoms with Crippen molar-refractivity contribution in [2.75, 3.05) is 7.11 Å². The highest BCUT2D eigenvalue weighted by molar-refractivity contribution is 6.39. The molecule has 0 aliphatic heterocycles. The highest BCUT2D eigenvalue weighted by atomic mass is 35.5. The van der Waals surface area contributed by atoms with Crippen LogP contribution in [-0.4, -0.2) is 12.1 Å². The third-order valence-corrected chi connectivity index (χ3v) is 5.08. The van der Waals surface area contributed by atoms with Gasteiger partial charge in [0.15, 0.2) is 0 Å². The molecule has 0 radical (unpaired) electrons. The first kappa shape index (κ1) is 18.6. The van der Waals surface area contributed by atoms with Gasteiger partial charge in [0, 0.05) is 10.9 Å². The summed E-state index contributed by atoms with van der Waals surface area (Å²) in [4.78, 5) is 4.72. The summed E-state index contributed by atoms with van der Waals surface area (Å²) in [6, 6.07) is 23.2. The average molecular weight is 410 g/mol. The van der Waals surface area contributed by atoms with Crippen LogP contribution in [0.15, 0.2) is 72.8 Å². The van der Waals surface area contributed by atoms with E-state index in [2.05, 4.69) is 0 Å². The molecule has 0 fully saturated rings. The lowest BCUT2D eigenvalue weighted by Gasteiger charge is -2.12. The van der Waals surface area contributed by atoms with Gasteiger partial charge in [-0.15, -0.1) is 0 Å². The highest BCUT2D eigenvalue weighted by Crippen LogP contribution is 2.37. The summed E-state index contributed by atoms with van der Waals surface area (Å²) >= 11 is 12.6. The van der Waals surface area contributed by atoms with Gasteiger partial charge in [-0.2, -0.15) is 0 Å². The Morgan fingerprint density at radius 2 is 1.57 bits per heavy atom. The van der Waals surface area contributed by atoms with Crippen molar-refractivity contribution in [3.63, 3.8) is 0 Å². The first-order chi connectivity index (χ1) is 13.7. The van der Waals surface area contributed by atoms with Crippen molar-refractivity contribution in [3.05, 3.63) is 88.4 Å². The van der Waals surface area contributed by atoms with Crippen LogP contribution in [-0.2, 0) is 6.61 Å². The molecule has 5 heteroatoms. The maximum absolute atomic E-state index is 6.33. The second-order valence-electron chi connectivity index (χ2n) is 6.26. The van der Waals surface area contributed by atoms with E-state index < -0.39 is 0 Å². The third kappa shape index (κ3) is 3.77. The lowest BCUT2D eigenvalue weighted by atomic mass is 10.1. The zero-order valence-electron chi connectivity index (χ0n) is 15.2. The minimum atomic E-state index is 0.520. The second kappa shape index (κ2) is 8.09. The number of aromatic nitrogens is 1. The number of rotatable bonds is 5. The SMILES string of the molecule is COc1cc2c(Cl)ccc(Cl)c2nc1-c1ccc(OCc2ccccc2)cc1. The summed E-state index contributed by atoms with van der Waals surface area (Å²) in [5.41, 5.74) is 3.38. The normalized spacial score (nSPS) is 10.8. The van der Waals surface area contributed by atoms with E-state index in [0.717, 1.165) is 22.3 Å². The molecule has 3 nitrogen and oxygen atoms in total. The van der Waals surface area contributed by atoms with E-state index in [1.807, 2.05) is 60.7 Å². The smallest absolute Gasteiger partial charge is 0.145 e. The molecule has 0 saturated carbocycles. The molecule has 0 aliphatic rings. The number of hydrogen-bond acceptors (Lipinski definition) is 3. The molecular weight excluding hydrogens is 393 g/mol. The van der Waals surface area contributed by atoms with Gasteiger partial charge >= 0.3 is 0 Å². The van der Waals surface area contributed by atoms with Crippen LogP contribution < -0.4 is 9.47 Å². The zero-order valence-corrected chi connectivity index (χ0v) is 16.7. The van der Waals surface area contributed by atoms with Crippen molar-refractivity contribution >= 4 is 34.1 Å². The number of benzene rings is 3. The van der Waals surface area contributed by atoms with Crippen molar-refractivity contribution in [3.8, 4) is 22.8 Å².